The molecule has 22 heavy (non-hydrogen) atoms. The molecular formula is C15H11F2N5. The van der Waals surface area contributed by atoms with E-state index in [0.717, 1.165) is 18.2 Å². The Bertz CT molecular complexity index is 881. The number of benzene rings is 1. The van der Waals surface area contributed by atoms with Gasteiger partial charge in [0.25, 0.3) is 0 Å². The summed E-state index contributed by atoms with van der Waals surface area (Å²) in [4.78, 5) is 4.27. The van der Waals surface area contributed by atoms with E-state index in [1.165, 1.54) is 10.7 Å². The highest BCUT2D eigenvalue weighted by Crippen LogP contribution is 2.22. The van der Waals surface area contributed by atoms with Crippen molar-refractivity contribution in [1.29, 1.82) is 5.26 Å². The Balaban J connectivity index is 1.92. The van der Waals surface area contributed by atoms with Crippen LogP contribution in [0.2, 0.25) is 0 Å². The van der Waals surface area contributed by atoms with Crippen LogP contribution >= 0.6 is 0 Å². The molecule has 0 aliphatic carbocycles. The highest BCUT2D eigenvalue weighted by Gasteiger charge is 2.13. The van der Waals surface area contributed by atoms with Crippen molar-refractivity contribution in [3.63, 3.8) is 0 Å². The van der Waals surface area contributed by atoms with E-state index in [1.807, 2.05) is 6.07 Å². The fourth-order valence-electron chi connectivity index (χ4n) is 2.17. The Morgan fingerprint density at radius 1 is 1.32 bits per heavy atom. The van der Waals surface area contributed by atoms with Crippen molar-refractivity contribution in [1.82, 2.24) is 14.6 Å². The minimum absolute atomic E-state index is 0.204. The number of nitrogens with one attached hydrogen (secondary N) is 1. The van der Waals surface area contributed by atoms with Crippen LogP contribution in [0.3, 0.4) is 0 Å². The van der Waals surface area contributed by atoms with Gasteiger partial charge in [0.1, 0.15) is 29.1 Å². The van der Waals surface area contributed by atoms with Gasteiger partial charge in [-0.3, -0.25) is 0 Å². The average Bonchev–Trinajstić information content (AvgIpc) is 2.92. The van der Waals surface area contributed by atoms with Crippen molar-refractivity contribution in [2.24, 2.45) is 0 Å². The summed E-state index contributed by atoms with van der Waals surface area (Å²) in [5.41, 5.74) is 0.948. The molecule has 0 unspecified atom stereocenters. The number of rotatable bonds is 3. The summed E-state index contributed by atoms with van der Waals surface area (Å²) in [7, 11) is 0. The van der Waals surface area contributed by atoms with Crippen molar-refractivity contribution in [3.8, 4) is 6.07 Å². The van der Waals surface area contributed by atoms with Crippen LogP contribution in [0.15, 0.2) is 36.7 Å². The summed E-state index contributed by atoms with van der Waals surface area (Å²) in [5, 5.41) is 16.0. The van der Waals surface area contributed by atoms with Crippen molar-refractivity contribution in [2.45, 2.75) is 13.0 Å². The predicted octanol–water partition coefficient (Wildman–Crippen LogP) is 3.05. The van der Waals surface area contributed by atoms with E-state index in [1.54, 1.807) is 19.2 Å². The van der Waals surface area contributed by atoms with Gasteiger partial charge >= 0.3 is 0 Å². The number of halogens is 2. The molecule has 0 bridgehead atoms. The molecule has 0 radical (unpaired) electrons. The van der Waals surface area contributed by atoms with Gasteiger partial charge in [-0.05, 0) is 31.2 Å². The standard InChI is InChI=1S/C15H11F2N5/c1-9(12-6-11(16)2-3-13(12)17)20-14-4-5-22-15(21-14)10(7-18)8-19-22/h2-6,8-9H,1H3,(H,20,21)/t9-/m1/s1. The van der Waals surface area contributed by atoms with Crippen LogP contribution in [0.25, 0.3) is 5.65 Å². The lowest BCUT2D eigenvalue weighted by Gasteiger charge is -2.15. The summed E-state index contributed by atoms with van der Waals surface area (Å²) in [6.45, 7) is 1.70. The molecular weight excluding hydrogens is 288 g/mol. The lowest BCUT2D eigenvalue weighted by atomic mass is 10.1. The Labute approximate surface area is 124 Å². The Kier molecular flexibility index (Phi) is 3.43. The molecule has 7 heteroatoms. The molecule has 0 saturated carbocycles. The normalized spacial score (nSPS) is 12.1. The first kappa shape index (κ1) is 13.9. The fourth-order valence-corrected chi connectivity index (χ4v) is 2.17. The third-order valence-electron chi connectivity index (χ3n) is 3.28. The van der Waals surface area contributed by atoms with Gasteiger partial charge in [0.15, 0.2) is 5.65 Å². The number of anilines is 1. The quantitative estimate of drug-likeness (QED) is 0.807. The molecule has 0 saturated heterocycles. The summed E-state index contributed by atoms with van der Waals surface area (Å²) in [6.07, 6.45) is 3.06. The zero-order valence-corrected chi connectivity index (χ0v) is 11.6. The molecule has 0 fully saturated rings. The second kappa shape index (κ2) is 5.41. The highest BCUT2D eigenvalue weighted by atomic mass is 19.1. The highest BCUT2D eigenvalue weighted by molar-refractivity contribution is 5.57. The smallest absolute Gasteiger partial charge is 0.175 e. The summed E-state index contributed by atoms with van der Waals surface area (Å²) < 4.78 is 28.5. The molecule has 2 aromatic heterocycles. The largest absolute Gasteiger partial charge is 0.363 e. The molecule has 1 aromatic carbocycles. The molecule has 5 nitrogen and oxygen atoms in total. The van der Waals surface area contributed by atoms with Crippen molar-refractivity contribution >= 4 is 11.5 Å². The minimum atomic E-state index is -0.504. The predicted molar refractivity (Wildman–Crippen MR) is 76.1 cm³/mol. The number of hydrogen-bond donors (Lipinski definition) is 1. The number of nitriles is 1. The Morgan fingerprint density at radius 3 is 2.91 bits per heavy atom. The van der Waals surface area contributed by atoms with Gasteiger partial charge in [-0.2, -0.15) is 10.4 Å². The van der Waals surface area contributed by atoms with Crippen LogP contribution < -0.4 is 5.32 Å². The first-order valence-electron chi connectivity index (χ1n) is 6.54. The van der Waals surface area contributed by atoms with Gasteiger partial charge in [-0.1, -0.05) is 0 Å². The number of fused-ring (bicyclic) bond motifs is 1. The van der Waals surface area contributed by atoms with Crippen molar-refractivity contribution in [2.75, 3.05) is 5.32 Å². The number of hydrogen-bond acceptors (Lipinski definition) is 4. The maximum absolute atomic E-state index is 13.8. The van der Waals surface area contributed by atoms with Gasteiger partial charge in [0, 0.05) is 11.8 Å². The van der Waals surface area contributed by atoms with Crippen molar-refractivity contribution in [3.05, 3.63) is 59.4 Å². The lowest BCUT2D eigenvalue weighted by Crippen LogP contribution is -2.10. The van der Waals surface area contributed by atoms with E-state index in [9.17, 15) is 8.78 Å². The van der Waals surface area contributed by atoms with Crippen LogP contribution in [0.5, 0.6) is 0 Å². The number of nitrogens with zero attached hydrogens (tertiary/aromatic N) is 4. The summed E-state index contributed by atoms with van der Waals surface area (Å²) >= 11 is 0. The van der Waals surface area contributed by atoms with E-state index in [0.29, 0.717) is 17.0 Å². The van der Waals surface area contributed by atoms with Gasteiger partial charge in [-0.15, -0.1) is 0 Å². The first-order chi connectivity index (χ1) is 10.6. The first-order valence-corrected chi connectivity index (χ1v) is 6.54. The zero-order valence-electron chi connectivity index (χ0n) is 11.6. The van der Waals surface area contributed by atoms with Crippen LogP contribution in [0, 0.1) is 23.0 Å². The number of aromatic nitrogens is 3. The summed E-state index contributed by atoms with van der Waals surface area (Å²) in [5.74, 6) is -0.554. The van der Waals surface area contributed by atoms with E-state index < -0.39 is 17.7 Å². The molecule has 2 heterocycles. The third-order valence-corrected chi connectivity index (χ3v) is 3.28. The monoisotopic (exact) mass is 299 g/mol. The molecule has 3 rings (SSSR count). The van der Waals surface area contributed by atoms with Crippen LogP contribution in [-0.2, 0) is 0 Å². The average molecular weight is 299 g/mol. The fraction of sp³-hybridized carbons (Fsp3) is 0.133. The second-order valence-corrected chi connectivity index (χ2v) is 4.78. The lowest BCUT2D eigenvalue weighted by molar-refractivity contribution is 0.577. The molecule has 3 aromatic rings. The van der Waals surface area contributed by atoms with Crippen molar-refractivity contribution < 1.29 is 8.78 Å². The van der Waals surface area contributed by atoms with E-state index in [4.69, 9.17) is 5.26 Å². The van der Waals surface area contributed by atoms with E-state index >= 15 is 0 Å². The molecule has 0 aliphatic rings. The molecule has 1 atom stereocenters. The maximum atomic E-state index is 13.8. The van der Waals surface area contributed by atoms with Gasteiger partial charge in [0.2, 0.25) is 0 Å². The van der Waals surface area contributed by atoms with Gasteiger partial charge in [0.05, 0.1) is 12.2 Å². The molecule has 0 aliphatic heterocycles. The molecule has 110 valence electrons. The maximum Gasteiger partial charge on any atom is 0.175 e. The van der Waals surface area contributed by atoms with Gasteiger partial charge in [-0.25, -0.2) is 18.3 Å². The molecule has 0 spiro atoms. The molecule has 0 amide bonds. The minimum Gasteiger partial charge on any atom is -0.363 e. The topological polar surface area (TPSA) is 66.0 Å². The Hall–Kier alpha value is -3.01. The zero-order chi connectivity index (χ0) is 15.7. The SMILES string of the molecule is C[C@@H](Nc1ccn2ncc(C#N)c2n1)c1cc(F)ccc1F. The van der Waals surface area contributed by atoms with E-state index in [-0.39, 0.29) is 5.56 Å². The van der Waals surface area contributed by atoms with E-state index in [2.05, 4.69) is 15.4 Å². The van der Waals surface area contributed by atoms with Crippen LogP contribution in [-0.4, -0.2) is 14.6 Å². The third kappa shape index (κ3) is 2.46. The Morgan fingerprint density at radius 2 is 2.14 bits per heavy atom. The second-order valence-electron chi connectivity index (χ2n) is 4.78. The summed E-state index contributed by atoms with van der Waals surface area (Å²) in [6, 6.07) is 6.46. The molecule has 1 N–H and O–H groups in total. The van der Waals surface area contributed by atoms with Crippen LogP contribution in [0.4, 0.5) is 14.6 Å². The van der Waals surface area contributed by atoms with Gasteiger partial charge < -0.3 is 5.32 Å². The van der Waals surface area contributed by atoms with Crippen LogP contribution in [0.1, 0.15) is 24.1 Å².